The van der Waals surface area contributed by atoms with E-state index in [-0.39, 0.29) is 41.5 Å². The third-order valence-electron chi connectivity index (χ3n) is 7.18. The van der Waals surface area contributed by atoms with Crippen LogP contribution >= 0.6 is 11.6 Å². The summed E-state index contributed by atoms with van der Waals surface area (Å²) in [7, 11) is 1.68. The number of nitrogens with zero attached hydrogens (tertiary/aromatic N) is 4. The first-order valence-electron chi connectivity index (χ1n) is 13.8. The minimum Gasteiger partial charge on any atom is -0.481 e. The van der Waals surface area contributed by atoms with Crippen molar-refractivity contribution in [1.29, 1.82) is 0 Å². The number of para-hydroxylation sites is 1. The van der Waals surface area contributed by atoms with Crippen molar-refractivity contribution < 1.29 is 19.5 Å². The van der Waals surface area contributed by atoms with Gasteiger partial charge in [0, 0.05) is 36.1 Å². The third-order valence-corrected chi connectivity index (χ3v) is 7.49. The van der Waals surface area contributed by atoms with Gasteiger partial charge in [-0.15, -0.1) is 0 Å². The predicted octanol–water partition coefficient (Wildman–Crippen LogP) is 4.64. The van der Waals surface area contributed by atoms with Crippen LogP contribution in [0, 0.1) is 0 Å². The molecule has 3 N–H and O–H groups in total. The van der Waals surface area contributed by atoms with Gasteiger partial charge in [-0.1, -0.05) is 60.8 Å². The van der Waals surface area contributed by atoms with Crippen LogP contribution in [0.1, 0.15) is 53.1 Å². The summed E-state index contributed by atoms with van der Waals surface area (Å²) < 4.78 is 0. The Morgan fingerprint density at radius 1 is 0.976 bits per heavy atom. The molecule has 1 aliphatic rings. The Morgan fingerprint density at radius 3 is 2.45 bits per heavy atom. The van der Waals surface area contributed by atoms with E-state index in [9.17, 15) is 19.5 Å². The molecule has 0 atom stereocenters. The van der Waals surface area contributed by atoms with E-state index < -0.39 is 5.97 Å². The largest absolute Gasteiger partial charge is 0.481 e. The second kappa shape index (κ2) is 12.9. The lowest BCUT2D eigenvalue weighted by Gasteiger charge is -2.22. The maximum atomic E-state index is 12.8. The number of fused-ring (bicyclic) bond motifs is 1. The number of hydrogen-bond donors (Lipinski definition) is 3. The summed E-state index contributed by atoms with van der Waals surface area (Å²) in [4.78, 5) is 52.0. The highest BCUT2D eigenvalue weighted by Gasteiger charge is 2.22. The van der Waals surface area contributed by atoms with E-state index >= 15 is 0 Å². The average molecular weight is 587 g/mol. The smallest absolute Gasteiger partial charge is 0.308 e. The molecular weight excluding hydrogens is 556 g/mol. The minimum atomic E-state index is -1.07. The highest BCUT2D eigenvalue weighted by atomic mass is 35.5. The molecular formula is C31H31ClN6O4. The van der Waals surface area contributed by atoms with Gasteiger partial charge in [0.2, 0.25) is 5.91 Å². The van der Waals surface area contributed by atoms with Crippen molar-refractivity contribution >= 4 is 51.8 Å². The fraction of sp³-hybridized carbons (Fsp3) is 0.290. The molecule has 2 heterocycles. The fourth-order valence-corrected chi connectivity index (χ4v) is 5.34. The van der Waals surface area contributed by atoms with E-state index in [4.69, 9.17) is 11.6 Å². The van der Waals surface area contributed by atoms with E-state index in [1.807, 2.05) is 42.5 Å². The number of amides is 2. The number of benzene rings is 2. The predicted molar refractivity (Wildman–Crippen MR) is 161 cm³/mol. The highest BCUT2D eigenvalue weighted by molar-refractivity contribution is 6.30. The van der Waals surface area contributed by atoms with Gasteiger partial charge in [-0.2, -0.15) is 0 Å². The first kappa shape index (κ1) is 28.9. The number of nitrogens with one attached hydrogen (secondary N) is 2. The monoisotopic (exact) mass is 586 g/mol. The second-order valence-corrected chi connectivity index (χ2v) is 10.8. The molecule has 2 aromatic heterocycles. The number of hydrogen-bond acceptors (Lipinski definition) is 7. The van der Waals surface area contributed by atoms with E-state index in [0.29, 0.717) is 29.4 Å². The molecule has 2 amide bonds. The Hall–Kier alpha value is -4.57. The number of likely N-dealkylation sites (N-methyl/N-ethyl adjacent to an activating group) is 1. The van der Waals surface area contributed by atoms with Crippen molar-refractivity contribution in [2.45, 2.75) is 44.6 Å². The van der Waals surface area contributed by atoms with Crippen LogP contribution in [0.4, 0.5) is 11.5 Å². The topological polar surface area (TPSA) is 137 Å². The van der Waals surface area contributed by atoms with Crippen LogP contribution in [-0.4, -0.2) is 57.5 Å². The summed E-state index contributed by atoms with van der Waals surface area (Å²) in [6.07, 6.45) is 4.07. The Bertz CT molecular complexity index is 1620. The van der Waals surface area contributed by atoms with Crippen molar-refractivity contribution in [2.24, 2.45) is 0 Å². The molecule has 10 nitrogen and oxygen atoms in total. The summed E-state index contributed by atoms with van der Waals surface area (Å²) in [6.45, 7) is 0.0103. The number of carbonyl (C=O) groups is 3. The zero-order valence-corrected chi connectivity index (χ0v) is 23.9. The number of rotatable bonds is 10. The number of carboxylic acid groups (broad SMARTS) is 1. The summed E-state index contributed by atoms with van der Waals surface area (Å²) in [5.74, 6) is -0.860. The molecule has 216 valence electrons. The molecule has 5 rings (SSSR count). The van der Waals surface area contributed by atoms with Crippen LogP contribution in [-0.2, 0) is 22.4 Å². The van der Waals surface area contributed by atoms with Crippen LogP contribution in [0.25, 0.3) is 10.9 Å². The standard InChI is InChI=1S/C31H31ClN6O4/c1-38(18-27(39)33-21-7-3-4-8-21)30-23(17-28(40)41)29(32)36-26(37-30)16-19-10-13-22(14-11-19)34-31(42)25-15-12-20-6-2-5-9-24(20)35-25/h2,5-6,9-15,21H,3-4,7-8,16-18H2,1H3,(H,33,39)(H,34,42)(H,40,41). The molecule has 2 aromatic carbocycles. The molecule has 0 radical (unpaired) electrons. The van der Waals surface area contributed by atoms with Gasteiger partial charge in [-0.3, -0.25) is 14.4 Å². The molecule has 4 aromatic rings. The molecule has 0 saturated heterocycles. The summed E-state index contributed by atoms with van der Waals surface area (Å²) >= 11 is 6.44. The third kappa shape index (κ3) is 7.19. The van der Waals surface area contributed by atoms with Crippen LogP contribution < -0.4 is 15.5 Å². The van der Waals surface area contributed by atoms with E-state index in [1.54, 1.807) is 30.1 Å². The number of halogens is 1. The molecule has 1 saturated carbocycles. The molecule has 1 aliphatic carbocycles. The molecule has 42 heavy (non-hydrogen) atoms. The van der Waals surface area contributed by atoms with Gasteiger partial charge in [-0.25, -0.2) is 15.0 Å². The number of aliphatic carboxylic acids is 1. The van der Waals surface area contributed by atoms with Crippen LogP contribution in [0.3, 0.4) is 0 Å². The molecule has 0 bridgehead atoms. The lowest BCUT2D eigenvalue weighted by atomic mass is 10.1. The van der Waals surface area contributed by atoms with Gasteiger partial charge in [0.05, 0.1) is 18.5 Å². The van der Waals surface area contributed by atoms with Crippen LogP contribution in [0.2, 0.25) is 5.15 Å². The Morgan fingerprint density at radius 2 is 1.71 bits per heavy atom. The lowest BCUT2D eigenvalue weighted by molar-refractivity contribution is -0.136. The zero-order valence-electron chi connectivity index (χ0n) is 23.1. The Kier molecular flexibility index (Phi) is 8.92. The van der Waals surface area contributed by atoms with E-state index in [2.05, 4.69) is 25.6 Å². The van der Waals surface area contributed by atoms with E-state index in [0.717, 1.165) is 42.1 Å². The van der Waals surface area contributed by atoms with Crippen LogP contribution in [0.5, 0.6) is 0 Å². The van der Waals surface area contributed by atoms with Gasteiger partial charge < -0.3 is 20.6 Å². The van der Waals surface area contributed by atoms with Gasteiger partial charge in [0.1, 0.15) is 22.5 Å². The number of carboxylic acids is 1. The van der Waals surface area contributed by atoms with Crippen molar-refractivity contribution in [3.8, 4) is 0 Å². The SMILES string of the molecule is CN(CC(=O)NC1CCCC1)c1nc(Cc2ccc(NC(=O)c3ccc4ccccc4n3)cc2)nc(Cl)c1CC(=O)O. The second-order valence-electron chi connectivity index (χ2n) is 10.4. The number of aromatic nitrogens is 3. The number of anilines is 2. The summed E-state index contributed by atoms with van der Waals surface area (Å²) in [5, 5.41) is 16.3. The van der Waals surface area contributed by atoms with Gasteiger partial charge in [0.15, 0.2) is 0 Å². The van der Waals surface area contributed by atoms with Gasteiger partial charge in [-0.05, 0) is 42.7 Å². The number of pyridine rings is 1. The molecule has 0 spiro atoms. The minimum absolute atomic E-state index is 0.0103. The quantitative estimate of drug-likeness (QED) is 0.228. The summed E-state index contributed by atoms with van der Waals surface area (Å²) in [6, 6.07) is 18.5. The zero-order chi connectivity index (χ0) is 29.6. The summed E-state index contributed by atoms with van der Waals surface area (Å²) in [5.41, 5.74) is 2.77. The maximum Gasteiger partial charge on any atom is 0.308 e. The molecule has 11 heteroatoms. The van der Waals surface area contributed by atoms with Crippen molar-refractivity contribution in [2.75, 3.05) is 23.8 Å². The molecule has 0 aliphatic heterocycles. The van der Waals surface area contributed by atoms with Crippen molar-refractivity contribution in [1.82, 2.24) is 20.3 Å². The first-order valence-corrected chi connectivity index (χ1v) is 14.2. The number of carbonyl (C=O) groups excluding carboxylic acids is 2. The Balaban J connectivity index is 1.28. The average Bonchev–Trinajstić information content (AvgIpc) is 3.47. The first-order chi connectivity index (χ1) is 20.2. The van der Waals surface area contributed by atoms with Crippen LogP contribution in [0.15, 0.2) is 60.7 Å². The fourth-order valence-electron chi connectivity index (χ4n) is 5.10. The van der Waals surface area contributed by atoms with Crippen molar-refractivity contribution in [3.05, 3.63) is 88.5 Å². The molecule has 0 unspecified atom stereocenters. The van der Waals surface area contributed by atoms with Gasteiger partial charge >= 0.3 is 5.97 Å². The lowest BCUT2D eigenvalue weighted by Crippen LogP contribution is -2.40. The van der Waals surface area contributed by atoms with Crippen molar-refractivity contribution in [3.63, 3.8) is 0 Å². The Labute approximate surface area is 248 Å². The highest BCUT2D eigenvalue weighted by Crippen LogP contribution is 2.26. The maximum absolute atomic E-state index is 12.8. The van der Waals surface area contributed by atoms with E-state index in [1.165, 1.54) is 0 Å². The van der Waals surface area contributed by atoms with Gasteiger partial charge in [0.25, 0.3) is 5.91 Å². The normalized spacial score (nSPS) is 13.2. The molecule has 1 fully saturated rings.